The van der Waals surface area contributed by atoms with Crippen LogP contribution in [0, 0.1) is 0 Å². The average Bonchev–Trinajstić information content (AvgIpc) is 2.81. The van der Waals surface area contributed by atoms with Crippen LogP contribution in [0.3, 0.4) is 0 Å². The summed E-state index contributed by atoms with van der Waals surface area (Å²) in [6.07, 6.45) is -0.447. The van der Waals surface area contributed by atoms with E-state index in [4.69, 9.17) is 0 Å². The van der Waals surface area contributed by atoms with E-state index in [0.717, 1.165) is 6.26 Å². The summed E-state index contributed by atoms with van der Waals surface area (Å²) >= 11 is 0. The van der Waals surface area contributed by atoms with Crippen LogP contribution in [0.5, 0.6) is 0 Å². The molecule has 1 aromatic carbocycles. The SMILES string of the molecule is CNC(=O)c1ccc(Nc2ncc(C(F)(F)F)c(NCc3nccnc3NCS(C)(=O)=O)n2)cc1.Cl. The molecule has 2 aromatic heterocycles. The van der Waals surface area contributed by atoms with Crippen molar-refractivity contribution in [2.75, 3.05) is 35.1 Å². The highest BCUT2D eigenvalue weighted by molar-refractivity contribution is 7.90. The molecule has 11 nitrogen and oxygen atoms in total. The number of nitrogens with zero attached hydrogens (tertiary/aromatic N) is 4. The van der Waals surface area contributed by atoms with Crippen LogP contribution in [0.1, 0.15) is 21.6 Å². The third-order valence-corrected chi connectivity index (χ3v) is 5.09. The van der Waals surface area contributed by atoms with Crippen LogP contribution in [-0.4, -0.2) is 53.4 Å². The van der Waals surface area contributed by atoms with Crippen LogP contribution in [0.2, 0.25) is 0 Å². The van der Waals surface area contributed by atoms with Crippen molar-refractivity contribution in [1.29, 1.82) is 0 Å². The van der Waals surface area contributed by atoms with Crippen molar-refractivity contribution < 1.29 is 26.4 Å². The molecular weight excluding hydrogens is 525 g/mol. The summed E-state index contributed by atoms with van der Waals surface area (Å²) < 4.78 is 63.4. The van der Waals surface area contributed by atoms with Crippen molar-refractivity contribution in [1.82, 2.24) is 25.3 Å². The predicted octanol–water partition coefficient (Wildman–Crippen LogP) is 2.84. The molecule has 0 atom stereocenters. The minimum Gasteiger partial charge on any atom is -0.364 e. The maximum absolute atomic E-state index is 13.5. The van der Waals surface area contributed by atoms with Crippen LogP contribution in [0.15, 0.2) is 42.9 Å². The Balaban J connectivity index is 0.00000456. The quantitative estimate of drug-likeness (QED) is 0.315. The number of hydrogen-bond acceptors (Lipinski definition) is 10. The third kappa shape index (κ3) is 7.91. The van der Waals surface area contributed by atoms with Gasteiger partial charge < -0.3 is 21.3 Å². The Labute approximate surface area is 210 Å². The largest absolute Gasteiger partial charge is 0.421 e. The van der Waals surface area contributed by atoms with Crippen LogP contribution < -0.4 is 21.3 Å². The van der Waals surface area contributed by atoms with Gasteiger partial charge in [-0.1, -0.05) is 0 Å². The lowest BCUT2D eigenvalue weighted by Crippen LogP contribution is -2.18. The molecule has 3 rings (SSSR count). The number of carbonyl (C=O) groups is 1. The maximum atomic E-state index is 13.5. The molecule has 0 spiro atoms. The number of aromatic nitrogens is 4. The van der Waals surface area contributed by atoms with Crippen molar-refractivity contribution >= 4 is 51.4 Å². The maximum Gasteiger partial charge on any atom is 0.421 e. The van der Waals surface area contributed by atoms with Crippen molar-refractivity contribution in [3.05, 3.63) is 59.7 Å². The monoisotopic (exact) mass is 546 g/mol. The van der Waals surface area contributed by atoms with Gasteiger partial charge in [-0.2, -0.15) is 18.2 Å². The molecular formula is C20H22ClF3N8O3S. The number of hydrogen-bond donors (Lipinski definition) is 4. The number of halogens is 4. The van der Waals surface area contributed by atoms with Gasteiger partial charge in [-0.3, -0.25) is 9.78 Å². The number of anilines is 4. The first-order valence-electron chi connectivity index (χ1n) is 9.95. The molecule has 0 aliphatic heterocycles. The van der Waals surface area contributed by atoms with Crippen LogP contribution in [0.25, 0.3) is 0 Å². The smallest absolute Gasteiger partial charge is 0.364 e. The fraction of sp³-hybridized carbons (Fsp3) is 0.250. The summed E-state index contributed by atoms with van der Waals surface area (Å²) in [6, 6.07) is 6.17. The van der Waals surface area contributed by atoms with Crippen molar-refractivity contribution in [3.63, 3.8) is 0 Å². The van der Waals surface area contributed by atoms with Gasteiger partial charge in [0.05, 0.1) is 6.54 Å². The first-order valence-corrected chi connectivity index (χ1v) is 12.0. The van der Waals surface area contributed by atoms with E-state index < -0.39 is 33.3 Å². The molecule has 0 saturated carbocycles. The Hall–Kier alpha value is -3.72. The Morgan fingerprint density at radius 1 is 1.00 bits per heavy atom. The number of benzene rings is 1. The van der Waals surface area contributed by atoms with Gasteiger partial charge >= 0.3 is 6.18 Å². The van der Waals surface area contributed by atoms with Crippen molar-refractivity contribution in [2.45, 2.75) is 12.7 Å². The molecule has 1 amide bonds. The van der Waals surface area contributed by atoms with Gasteiger partial charge in [0, 0.05) is 43.1 Å². The van der Waals surface area contributed by atoms with E-state index >= 15 is 0 Å². The topological polar surface area (TPSA) is 151 Å². The second-order valence-electron chi connectivity index (χ2n) is 7.19. The average molecular weight is 547 g/mol. The number of carbonyl (C=O) groups excluding carboxylic acids is 1. The molecule has 0 fully saturated rings. The fourth-order valence-corrected chi connectivity index (χ4v) is 3.17. The van der Waals surface area contributed by atoms with E-state index in [2.05, 4.69) is 41.2 Å². The molecule has 0 aliphatic carbocycles. The standard InChI is InChI=1S/C20H21F3N8O3S.ClH/c1-24-18(32)12-3-5-13(6-4-12)30-19-28-9-14(20(21,22)23)16(31-19)27-10-15-17(26-8-7-25-15)29-11-35(2,33)34;/h3-9H,10-11H2,1-2H3,(H,24,32)(H,26,29)(H2,27,28,30,31);1H. The zero-order valence-corrected chi connectivity index (χ0v) is 20.6. The molecule has 194 valence electrons. The van der Waals surface area contributed by atoms with Crippen LogP contribution in [-0.2, 0) is 22.6 Å². The number of sulfone groups is 1. The zero-order valence-electron chi connectivity index (χ0n) is 18.9. The molecule has 36 heavy (non-hydrogen) atoms. The van der Waals surface area contributed by atoms with Gasteiger partial charge in [-0.15, -0.1) is 12.4 Å². The molecule has 2 heterocycles. The third-order valence-electron chi connectivity index (χ3n) is 4.42. The van der Waals surface area contributed by atoms with E-state index in [1.807, 2.05) is 0 Å². The second kappa shape index (κ2) is 11.8. The minimum absolute atomic E-state index is 0. The summed E-state index contributed by atoms with van der Waals surface area (Å²) in [4.78, 5) is 27.4. The van der Waals surface area contributed by atoms with Gasteiger partial charge in [0.25, 0.3) is 5.91 Å². The second-order valence-corrected chi connectivity index (χ2v) is 9.33. The van der Waals surface area contributed by atoms with Crippen molar-refractivity contribution in [3.8, 4) is 0 Å². The Kier molecular flexibility index (Phi) is 9.35. The summed E-state index contributed by atoms with van der Waals surface area (Å²) in [7, 11) is -1.89. The minimum atomic E-state index is -4.74. The number of rotatable bonds is 9. The van der Waals surface area contributed by atoms with E-state index in [1.165, 1.54) is 31.6 Å². The Bertz CT molecular complexity index is 1310. The Morgan fingerprint density at radius 3 is 2.28 bits per heavy atom. The summed E-state index contributed by atoms with van der Waals surface area (Å²) in [5.41, 5.74) is -0.0720. The number of amides is 1. The lowest BCUT2D eigenvalue weighted by Gasteiger charge is -2.16. The molecule has 0 saturated heterocycles. The Morgan fingerprint density at radius 2 is 1.67 bits per heavy atom. The van der Waals surface area contributed by atoms with E-state index in [0.29, 0.717) is 17.4 Å². The molecule has 0 aliphatic rings. The molecule has 16 heteroatoms. The number of alkyl halides is 3. The highest BCUT2D eigenvalue weighted by Crippen LogP contribution is 2.34. The highest BCUT2D eigenvalue weighted by atomic mass is 35.5. The number of nitrogens with one attached hydrogen (secondary N) is 4. The first kappa shape index (κ1) is 28.5. The zero-order chi connectivity index (χ0) is 25.6. The summed E-state index contributed by atoms with van der Waals surface area (Å²) in [6.45, 7) is -0.236. The van der Waals surface area contributed by atoms with Gasteiger partial charge in [-0.25, -0.2) is 18.4 Å². The summed E-state index contributed by atoms with van der Waals surface area (Å²) in [5.74, 6) is -1.25. The lowest BCUT2D eigenvalue weighted by molar-refractivity contribution is -0.137. The fourth-order valence-electron chi connectivity index (χ4n) is 2.77. The molecule has 0 radical (unpaired) electrons. The van der Waals surface area contributed by atoms with Gasteiger partial charge in [0.1, 0.15) is 28.8 Å². The molecule has 0 unspecified atom stereocenters. The van der Waals surface area contributed by atoms with Crippen LogP contribution >= 0.6 is 12.4 Å². The van der Waals surface area contributed by atoms with Gasteiger partial charge in [0.15, 0.2) is 9.84 Å². The van der Waals surface area contributed by atoms with Gasteiger partial charge in [-0.05, 0) is 24.3 Å². The molecule has 3 aromatic rings. The van der Waals surface area contributed by atoms with E-state index in [1.54, 1.807) is 12.1 Å². The lowest BCUT2D eigenvalue weighted by atomic mass is 10.2. The molecule has 4 N–H and O–H groups in total. The summed E-state index contributed by atoms with van der Waals surface area (Å²) in [5, 5.41) is 10.4. The highest BCUT2D eigenvalue weighted by Gasteiger charge is 2.35. The van der Waals surface area contributed by atoms with Crippen LogP contribution in [0.4, 0.5) is 36.4 Å². The first-order chi connectivity index (χ1) is 16.5. The van der Waals surface area contributed by atoms with Crippen molar-refractivity contribution in [2.24, 2.45) is 0 Å². The molecule has 0 bridgehead atoms. The van der Waals surface area contributed by atoms with Gasteiger partial charge in [0.2, 0.25) is 5.95 Å². The normalized spacial score (nSPS) is 11.2. The predicted molar refractivity (Wildman–Crippen MR) is 130 cm³/mol. The van der Waals surface area contributed by atoms with E-state index in [-0.39, 0.29) is 42.3 Å². The van der Waals surface area contributed by atoms with E-state index in [9.17, 15) is 26.4 Å².